The zero-order valence-corrected chi connectivity index (χ0v) is 15.1. The van der Waals surface area contributed by atoms with Crippen molar-refractivity contribution >= 4 is 28.9 Å². The van der Waals surface area contributed by atoms with Crippen LogP contribution >= 0.6 is 11.3 Å². The number of esters is 1. The molecule has 6 heteroatoms. The van der Waals surface area contributed by atoms with Gasteiger partial charge in [0, 0.05) is 10.6 Å². The van der Waals surface area contributed by atoms with Gasteiger partial charge < -0.3 is 14.8 Å². The normalized spacial score (nSPS) is 10.2. The number of hydrogen-bond acceptors (Lipinski definition) is 5. The maximum absolute atomic E-state index is 12.4. The standard InChI is InChI=1S/C20H17NO4S/c1-13-7-12-18(26-13)20(23)25-15-10-8-14(9-11-15)21-19(22)16-5-3-4-6-17(16)24-2/h3-12H,1-2H3,(H,21,22). The highest BCUT2D eigenvalue weighted by Crippen LogP contribution is 2.22. The molecular weight excluding hydrogens is 350 g/mol. The van der Waals surface area contributed by atoms with Gasteiger partial charge in [-0.25, -0.2) is 4.79 Å². The van der Waals surface area contributed by atoms with E-state index in [-0.39, 0.29) is 5.91 Å². The molecule has 0 aliphatic heterocycles. The summed E-state index contributed by atoms with van der Waals surface area (Å²) < 4.78 is 10.5. The van der Waals surface area contributed by atoms with Crippen molar-refractivity contribution in [1.82, 2.24) is 0 Å². The lowest BCUT2D eigenvalue weighted by Crippen LogP contribution is -2.13. The molecule has 0 spiro atoms. The number of carbonyl (C=O) groups excluding carboxylic acids is 2. The first kappa shape index (κ1) is 17.7. The summed E-state index contributed by atoms with van der Waals surface area (Å²) in [6.45, 7) is 1.93. The Hall–Kier alpha value is -3.12. The number of benzene rings is 2. The molecule has 132 valence electrons. The number of anilines is 1. The second kappa shape index (κ2) is 7.84. The summed E-state index contributed by atoms with van der Waals surface area (Å²) in [5.74, 6) is 0.244. The molecule has 0 saturated carbocycles. The van der Waals surface area contributed by atoms with Gasteiger partial charge in [0.05, 0.1) is 12.7 Å². The Labute approximate surface area is 155 Å². The lowest BCUT2D eigenvalue weighted by molar-refractivity contribution is 0.0739. The zero-order valence-electron chi connectivity index (χ0n) is 14.3. The molecule has 1 amide bonds. The first-order chi connectivity index (χ1) is 12.6. The molecule has 3 rings (SSSR count). The van der Waals surface area contributed by atoms with E-state index in [1.165, 1.54) is 18.4 Å². The van der Waals surface area contributed by atoms with Crippen LogP contribution < -0.4 is 14.8 Å². The molecule has 0 aliphatic rings. The molecule has 26 heavy (non-hydrogen) atoms. The van der Waals surface area contributed by atoms with Gasteiger partial charge in [0.1, 0.15) is 16.4 Å². The Balaban J connectivity index is 1.66. The Bertz CT molecular complexity index is 931. The summed E-state index contributed by atoms with van der Waals surface area (Å²) in [5.41, 5.74) is 1.03. The van der Waals surface area contributed by atoms with Crippen molar-refractivity contribution < 1.29 is 19.1 Å². The van der Waals surface area contributed by atoms with Crippen LogP contribution in [0.25, 0.3) is 0 Å². The van der Waals surface area contributed by atoms with Crippen molar-refractivity contribution in [2.75, 3.05) is 12.4 Å². The van der Waals surface area contributed by atoms with E-state index >= 15 is 0 Å². The molecule has 5 nitrogen and oxygen atoms in total. The summed E-state index contributed by atoms with van der Waals surface area (Å²) in [7, 11) is 1.52. The number of aryl methyl sites for hydroxylation is 1. The van der Waals surface area contributed by atoms with Crippen LogP contribution in [0.15, 0.2) is 60.7 Å². The predicted octanol–water partition coefficient (Wildman–Crippen LogP) is 4.54. The number of hydrogen-bond donors (Lipinski definition) is 1. The number of nitrogens with one attached hydrogen (secondary N) is 1. The second-order valence-corrected chi connectivity index (χ2v) is 6.77. The predicted molar refractivity (Wildman–Crippen MR) is 101 cm³/mol. The minimum absolute atomic E-state index is 0.277. The molecule has 2 aromatic carbocycles. The van der Waals surface area contributed by atoms with Gasteiger partial charge in [-0.2, -0.15) is 0 Å². The second-order valence-electron chi connectivity index (χ2n) is 5.48. The van der Waals surface area contributed by atoms with Gasteiger partial charge in [0.25, 0.3) is 5.91 Å². The SMILES string of the molecule is COc1ccccc1C(=O)Nc1ccc(OC(=O)c2ccc(C)s2)cc1. The van der Waals surface area contributed by atoms with Gasteiger partial charge in [0.15, 0.2) is 0 Å². The maximum atomic E-state index is 12.4. The van der Waals surface area contributed by atoms with E-state index < -0.39 is 5.97 Å². The van der Waals surface area contributed by atoms with E-state index in [0.717, 1.165) is 4.88 Å². The molecule has 1 heterocycles. The molecular formula is C20H17NO4S. The molecule has 0 atom stereocenters. The van der Waals surface area contributed by atoms with Crippen LogP contribution in [0, 0.1) is 6.92 Å². The molecule has 1 aromatic heterocycles. The largest absolute Gasteiger partial charge is 0.496 e. The quantitative estimate of drug-likeness (QED) is 0.531. The van der Waals surface area contributed by atoms with Gasteiger partial charge in [-0.05, 0) is 55.5 Å². The minimum atomic E-state index is -0.395. The van der Waals surface area contributed by atoms with E-state index in [0.29, 0.717) is 27.6 Å². The Morgan fingerprint density at radius 2 is 1.69 bits per heavy atom. The highest BCUT2D eigenvalue weighted by atomic mass is 32.1. The van der Waals surface area contributed by atoms with E-state index in [1.54, 1.807) is 54.6 Å². The van der Waals surface area contributed by atoms with Crippen LogP contribution in [0.5, 0.6) is 11.5 Å². The number of thiophene rings is 1. The summed E-state index contributed by atoms with van der Waals surface area (Å²) in [6, 6.07) is 17.2. The van der Waals surface area contributed by atoms with E-state index in [9.17, 15) is 9.59 Å². The van der Waals surface area contributed by atoms with Gasteiger partial charge >= 0.3 is 5.97 Å². The number of para-hydroxylation sites is 1. The number of methoxy groups -OCH3 is 1. The van der Waals surface area contributed by atoms with Crippen molar-refractivity contribution in [2.45, 2.75) is 6.92 Å². The smallest absolute Gasteiger partial charge is 0.353 e. The van der Waals surface area contributed by atoms with Gasteiger partial charge in [0.2, 0.25) is 0 Å². The highest BCUT2D eigenvalue weighted by molar-refractivity contribution is 7.13. The average Bonchev–Trinajstić information content (AvgIpc) is 3.10. The van der Waals surface area contributed by atoms with E-state index in [2.05, 4.69) is 5.32 Å². The molecule has 0 fully saturated rings. The van der Waals surface area contributed by atoms with Crippen LogP contribution in [0.4, 0.5) is 5.69 Å². The molecule has 0 radical (unpaired) electrons. The lowest BCUT2D eigenvalue weighted by atomic mass is 10.2. The molecule has 0 bridgehead atoms. The fourth-order valence-electron chi connectivity index (χ4n) is 2.34. The third kappa shape index (κ3) is 4.10. The third-order valence-corrected chi connectivity index (χ3v) is 4.60. The molecule has 3 aromatic rings. The minimum Gasteiger partial charge on any atom is -0.496 e. The topological polar surface area (TPSA) is 64.6 Å². The Morgan fingerprint density at radius 3 is 2.35 bits per heavy atom. The van der Waals surface area contributed by atoms with Gasteiger partial charge in [-0.15, -0.1) is 11.3 Å². The number of amides is 1. The van der Waals surface area contributed by atoms with Crippen molar-refractivity contribution in [3.8, 4) is 11.5 Å². The van der Waals surface area contributed by atoms with Crippen LogP contribution in [0.1, 0.15) is 24.9 Å². The Morgan fingerprint density at radius 1 is 0.962 bits per heavy atom. The van der Waals surface area contributed by atoms with Crippen molar-refractivity contribution in [1.29, 1.82) is 0 Å². The fraction of sp³-hybridized carbons (Fsp3) is 0.100. The van der Waals surface area contributed by atoms with Crippen molar-refractivity contribution in [2.24, 2.45) is 0 Å². The highest BCUT2D eigenvalue weighted by Gasteiger charge is 2.13. The maximum Gasteiger partial charge on any atom is 0.353 e. The average molecular weight is 367 g/mol. The van der Waals surface area contributed by atoms with Crippen LogP contribution in [-0.4, -0.2) is 19.0 Å². The van der Waals surface area contributed by atoms with Crippen molar-refractivity contribution in [3.05, 3.63) is 76.0 Å². The molecule has 0 unspecified atom stereocenters. The van der Waals surface area contributed by atoms with E-state index in [1.807, 2.05) is 13.0 Å². The summed E-state index contributed by atoms with van der Waals surface area (Å²) in [6.07, 6.45) is 0. The summed E-state index contributed by atoms with van der Waals surface area (Å²) in [5, 5.41) is 2.79. The summed E-state index contributed by atoms with van der Waals surface area (Å²) >= 11 is 1.38. The third-order valence-electron chi connectivity index (χ3n) is 3.62. The van der Waals surface area contributed by atoms with Crippen LogP contribution in [0.2, 0.25) is 0 Å². The molecule has 0 saturated heterocycles. The monoisotopic (exact) mass is 367 g/mol. The zero-order chi connectivity index (χ0) is 18.5. The first-order valence-corrected chi connectivity index (χ1v) is 8.71. The fourth-order valence-corrected chi connectivity index (χ4v) is 3.08. The van der Waals surface area contributed by atoms with Crippen LogP contribution in [-0.2, 0) is 0 Å². The summed E-state index contributed by atoms with van der Waals surface area (Å²) in [4.78, 5) is 26.0. The number of carbonyl (C=O) groups is 2. The lowest BCUT2D eigenvalue weighted by Gasteiger charge is -2.09. The Kier molecular flexibility index (Phi) is 5.34. The molecule has 0 aliphatic carbocycles. The first-order valence-electron chi connectivity index (χ1n) is 7.90. The number of ether oxygens (including phenoxy) is 2. The van der Waals surface area contributed by atoms with E-state index in [4.69, 9.17) is 9.47 Å². The number of rotatable bonds is 5. The van der Waals surface area contributed by atoms with Gasteiger partial charge in [-0.1, -0.05) is 12.1 Å². The molecule has 1 N–H and O–H groups in total. The van der Waals surface area contributed by atoms with Crippen LogP contribution in [0.3, 0.4) is 0 Å². The van der Waals surface area contributed by atoms with Gasteiger partial charge in [-0.3, -0.25) is 4.79 Å². The van der Waals surface area contributed by atoms with Crippen molar-refractivity contribution in [3.63, 3.8) is 0 Å².